The van der Waals surface area contributed by atoms with Crippen LogP contribution in [-0.2, 0) is 6.42 Å². The summed E-state index contributed by atoms with van der Waals surface area (Å²) in [6, 6.07) is 4.31. The van der Waals surface area contributed by atoms with Crippen LogP contribution in [-0.4, -0.2) is 9.78 Å². The van der Waals surface area contributed by atoms with Crippen LogP contribution in [0.25, 0.3) is 5.69 Å². The van der Waals surface area contributed by atoms with Gasteiger partial charge >= 0.3 is 0 Å². The molecule has 2 aromatic rings. The number of nitrogens with zero attached hydrogens (tertiary/aromatic N) is 1. The van der Waals surface area contributed by atoms with Crippen LogP contribution in [0.2, 0.25) is 5.02 Å². The molecule has 96 valence electrons. The summed E-state index contributed by atoms with van der Waals surface area (Å²) in [6.07, 6.45) is 1.58. The van der Waals surface area contributed by atoms with Crippen molar-refractivity contribution in [2.75, 3.05) is 0 Å². The predicted octanol–water partition coefficient (Wildman–Crippen LogP) is 3.67. The van der Waals surface area contributed by atoms with Crippen molar-refractivity contribution in [3.05, 3.63) is 49.6 Å². The highest BCUT2D eigenvalue weighted by atomic mass is 79.9. The Morgan fingerprint density at radius 1 is 1.50 bits per heavy atom. The van der Waals surface area contributed by atoms with E-state index in [1.54, 1.807) is 6.07 Å². The molecule has 0 saturated heterocycles. The molecule has 6 heteroatoms. The van der Waals surface area contributed by atoms with Crippen molar-refractivity contribution in [1.82, 2.24) is 9.78 Å². The highest BCUT2D eigenvalue weighted by Crippen LogP contribution is 2.23. The van der Waals surface area contributed by atoms with E-state index < -0.39 is 5.82 Å². The minimum absolute atomic E-state index is 0.0484. The Morgan fingerprint density at radius 3 is 2.83 bits per heavy atom. The molecule has 1 heterocycles. The van der Waals surface area contributed by atoms with Gasteiger partial charge in [-0.05, 0) is 34.5 Å². The van der Waals surface area contributed by atoms with Gasteiger partial charge in [0.05, 0.1) is 10.7 Å². The minimum Gasteiger partial charge on any atom is -0.294 e. The van der Waals surface area contributed by atoms with E-state index in [1.165, 1.54) is 12.1 Å². The smallest absolute Gasteiger partial charge is 0.285 e. The van der Waals surface area contributed by atoms with Crippen molar-refractivity contribution in [1.29, 1.82) is 0 Å². The second kappa shape index (κ2) is 5.28. The van der Waals surface area contributed by atoms with E-state index in [4.69, 9.17) is 11.6 Å². The third-order valence-electron chi connectivity index (χ3n) is 2.56. The van der Waals surface area contributed by atoms with E-state index in [0.717, 1.165) is 16.8 Å². The molecule has 2 rings (SSSR count). The molecule has 0 aliphatic rings. The quantitative estimate of drug-likeness (QED) is 0.914. The van der Waals surface area contributed by atoms with Crippen LogP contribution in [0.4, 0.5) is 4.39 Å². The van der Waals surface area contributed by atoms with E-state index >= 15 is 0 Å². The van der Waals surface area contributed by atoms with Crippen LogP contribution in [0, 0.1) is 5.82 Å². The lowest BCUT2D eigenvalue weighted by Crippen LogP contribution is -2.16. The van der Waals surface area contributed by atoms with Crippen LogP contribution in [0.5, 0.6) is 0 Å². The maximum Gasteiger partial charge on any atom is 0.285 e. The van der Waals surface area contributed by atoms with Gasteiger partial charge in [0.2, 0.25) is 0 Å². The average Bonchev–Trinajstić information content (AvgIpc) is 2.59. The Kier molecular flexibility index (Phi) is 3.92. The molecule has 1 aromatic carbocycles. The van der Waals surface area contributed by atoms with Gasteiger partial charge < -0.3 is 0 Å². The molecule has 3 nitrogen and oxygen atoms in total. The first-order valence-corrected chi connectivity index (χ1v) is 6.67. The number of para-hydroxylation sites is 1. The highest BCUT2D eigenvalue weighted by Gasteiger charge is 2.17. The zero-order valence-corrected chi connectivity index (χ0v) is 12.0. The van der Waals surface area contributed by atoms with Crippen molar-refractivity contribution >= 4 is 27.5 Å². The summed E-state index contributed by atoms with van der Waals surface area (Å²) in [6.45, 7) is 2.00. The number of aromatic nitrogens is 2. The number of aromatic amines is 1. The average molecular weight is 334 g/mol. The van der Waals surface area contributed by atoms with Gasteiger partial charge in [-0.3, -0.25) is 9.89 Å². The fourth-order valence-electron chi connectivity index (χ4n) is 1.74. The Hall–Kier alpha value is -1.07. The second-order valence-electron chi connectivity index (χ2n) is 3.87. The fourth-order valence-corrected chi connectivity index (χ4v) is 2.45. The molecule has 0 fully saturated rings. The molecule has 1 N–H and O–H groups in total. The Bertz CT molecular complexity index is 615. The van der Waals surface area contributed by atoms with Crippen molar-refractivity contribution in [2.45, 2.75) is 19.8 Å². The summed E-state index contributed by atoms with van der Waals surface area (Å²) in [4.78, 5) is 12.0. The highest BCUT2D eigenvalue weighted by molar-refractivity contribution is 9.10. The maximum atomic E-state index is 13.8. The molecule has 0 aliphatic heterocycles. The number of rotatable bonds is 3. The largest absolute Gasteiger partial charge is 0.294 e. The number of hydrogen-bond acceptors (Lipinski definition) is 1. The van der Waals surface area contributed by atoms with Gasteiger partial charge in [-0.1, -0.05) is 31.0 Å². The normalized spacial score (nSPS) is 10.9. The standard InChI is InChI=1S/C12H11BrClFN2O/c1-2-4-9-10(13)12(18)17(16-9)11-7(14)5-3-6-8(11)15/h3,5-6,16H,2,4H2,1H3. The van der Waals surface area contributed by atoms with Gasteiger partial charge in [0, 0.05) is 0 Å². The number of H-pyrrole nitrogens is 1. The lowest BCUT2D eigenvalue weighted by atomic mass is 10.3. The summed E-state index contributed by atoms with van der Waals surface area (Å²) >= 11 is 9.16. The molecule has 0 bridgehead atoms. The van der Waals surface area contributed by atoms with Gasteiger partial charge in [-0.25, -0.2) is 9.07 Å². The topological polar surface area (TPSA) is 37.8 Å². The van der Waals surface area contributed by atoms with Crippen LogP contribution >= 0.6 is 27.5 Å². The van der Waals surface area contributed by atoms with Gasteiger partial charge in [-0.2, -0.15) is 0 Å². The van der Waals surface area contributed by atoms with Gasteiger partial charge in [0.1, 0.15) is 16.0 Å². The minimum atomic E-state index is -0.540. The lowest BCUT2D eigenvalue weighted by molar-refractivity contribution is 0.607. The van der Waals surface area contributed by atoms with Crippen LogP contribution in [0.3, 0.4) is 0 Å². The third-order valence-corrected chi connectivity index (χ3v) is 3.69. The number of halogens is 3. The molecule has 1 aromatic heterocycles. The molecule has 0 atom stereocenters. The van der Waals surface area contributed by atoms with E-state index in [-0.39, 0.29) is 16.3 Å². The third kappa shape index (κ3) is 2.24. The van der Waals surface area contributed by atoms with Gasteiger partial charge in [0.15, 0.2) is 0 Å². The molecule has 0 amide bonds. The Morgan fingerprint density at radius 2 is 2.22 bits per heavy atom. The SMILES string of the molecule is CCCc1[nH]n(-c2c(F)cccc2Cl)c(=O)c1Br. The number of benzene rings is 1. The second-order valence-corrected chi connectivity index (χ2v) is 5.07. The monoisotopic (exact) mass is 332 g/mol. The molecule has 0 saturated carbocycles. The Balaban J connectivity index is 2.65. The summed E-state index contributed by atoms with van der Waals surface area (Å²) in [5, 5.41) is 3.07. The zero-order valence-electron chi connectivity index (χ0n) is 9.64. The summed E-state index contributed by atoms with van der Waals surface area (Å²) in [7, 11) is 0. The number of nitrogens with one attached hydrogen (secondary N) is 1. The van der Waals surface area contributed by atoms with Crippen LogP contribution in [0.1, 0.15) is 19.0 Å². The van der Waals surface area contributed by atoms with E-state index in [0.29, 0.717) is 10.9 Å². The number of aryl methyl sites for hydroxylation is 1. The Labute approximate surface area is 117 Å². The summed E-state index contributed by atoms with van der Waals surface area (Å²) in [5.41, 5.74) is 0.444. The first-order valence-electron chi connectivity index (χ1n) is 5.50. The molecule has 0 radical (unpaired) electrons. The van der Waals surface area contributed by atoms with Gasteiger partial charge in [-0.15, -0.1) is 0 Å². The molecule has 18 heavy (non-hydrogen) atoms. The molecule has 0 aliphatic carbocycles. The first-order chi connectivity index (χ1) is 8.56. The van der Waals surface area contributed by atoms with Crippen molar-refractivity contribution in [2.24, 2.45) is 0 Å². The van der Waals surface area contributed by atoms with Crippen molar-refractivity contribution < 1.29 is 4.39 Å². The lowest BCUT2D eigenvalue weighted by Gasteiger charge is -2.05. The van der Waals surface area contributed by atoms with E-state index in [9.17, 15) is 9.18 Å². The van der Waals surface area contributed by atoms with Crippen LogP contribution < -0.4 is 5.56 Å². The molecule has 0 unspecified atom stereocenters. The number of hydrogen-bond donors (Lipinski definition) is 1. The summed E-state index contributed by atoms with van der Waals surface area (Å²) in [5.74, 6) is -0.540. The van der Waals surface area contributed by atoms with E-state index in [1.807, 2.05) is 6.92 Å². The first kappa shape index (κ1) is 13.4. The molecular weight excluding hydrogens is 322 g/mol. The van der Waals surface area contributed by atoms with Crippen molar-refractivity contribution in [3.8, 4) is 5.69 Å². The van der Waals surface area contributed by atoms with Crippen LogP contribution in [0.15, 0.2) is 27.5 Å². The van der Waals surface area contributed by atoms with Gasteiger partial charge in [0.25, 0.3) is 5.56 Å². The fraction of sp³-hybridized carbons (Fsp3) is 0.250. The molecule has 0 spiro atoms. The van der Waals surface area contributed by atoms with Crippen molar-refractivity contribution in [3.63, 3.8) is 0 Å². The zero-order chi connectivity index (χ0) is 13.3. The maximum absolute atomic E-state index is 13.8. The predicted molar refractivity (Wildman–Crippen MR) is 73.1 cm³/mol. The summed E-state index contributed by atoms with van der Waals surface area (Å²) < 4.78 is 15.3. The molecular formula is C12H11BrClFN2O. The van der Waals surface area contributed by atoms with E-state index in [2.05, 4.69) is 21.0 Å².